The van der Waals surface area contributed by atoms with Crippen LogP contribution in [-0.4, -0.2) is 4.57 Å². The first-order valence-electron chi connectivity index (χ1n) is 8.62. The second-order valence-electron chi connectivity index (χ2n) is 6.32. The zero-order valence-corrected chi connectivity index (χ0v) is 14.3. The van der Waals surface area contributed by atoms with E-state index in [1.54, 1.807) is 6.08 Å². The lowest BCUT2D eigenvalue weighted by molar-refractivity contribution is 0.673. The first-order chi connectivity index (χ1) is 12.8. The van der Waals surface area contributed by atoms with Gasteiger partial charge in [-0.2, -0.15) is 0 Å². The lowest BCUT2D eigenvalue weighted by Gasteiger charge is -2.07. The van der Waals surface area contributed by atoms with Crippen LogP contribution in [0.1, 0.15) is 0 Å². The number of rotatable bonds is 3. The summed E-state index contributed by atoms with van der Waals surface area (Å²) in [6.45, 7) is 7.83. The molecule has 0 bridgehead atoms. The van der Waals surface area contributed by atoms with Crippen molar-refractivity contribution in [3.63, 3.8) is 0 Å². The van der Waals surface area contributed by atoms with E-state index < -0.39 is 0 Å². The molecule has 0 aliphatic carbocycles. The molecule has 0 saturated carbocycles. The van der Waals surface area contributed by atoms with Crippen LogP contribution in [0.25, 0.3) is 49.4 Å². The van der Waals surface area contributed by atoms with Gasteiger partial charge in [-0.3, -0.25) is 0 Å². The molecule has 5 aromatic rings. The molecule has 0 amide bonds. The van der Waals surface area contributed by atoms with Crippen LogP contribution < -0.4 is 0 Å². The summed E-state index contributed by atoms with van der Waals surface area (Å²) >= 11 is 0. The Morgan fingerprint density at radius 3 is 2.38 bits per heavy atom. The fourth-order valence-electron chi connectivity index (χ4n) is 3.87. The van der Waals surface area contributed by atoms with E-state index in [1.165, 1.54) is 5.39 Å². The van der Waals surface area contributed by atoms with Crippen molar-refractivity contribution in [2.45, 2.75) is 0 Å². The van der Waals surface area contributed by atoms with Gasteiger partial charge in [0.25, 0.3) is 0 Å². The molecule has 0 unspecified atom stereocenters. The van der Waals surface area contributed by atoms with Crippen LogP contribution in [0.3, 0.4) is 0 Å². The summed E-state index contributed by atoms with van der Waals surface area (Å²) in [5.74, 6) is 0. The predicted octanol–water partition coefficient (Wildman–Crippen LogP) is 6.91. The highest BCUT2D eigenvalue weighted by Crippen LogP contribution is 2.40. The van der Waals surface area contributed by atoms with Gasteiger partial charge in [-0.1, -0.05) is 55.6 Å². The van der Waals surface area contributed by atoms with Gasteiger partial charge in [0.05, 0.1) is 16.4 Å². The minimum atomic E-state index is 0.914. The number of benzene rings is 3. The van der Waals surface area contributed by atoms with Crippen LogP contribution in [0, 0.1) is 0 Å². The summed E-state index contributed by atoms with van der Waals surface area (Å²) in [6.07, 6.45) is 5.62. The first kappa shape index (κ1) is 14.8. The van der Waals surface area contributed by atoms with Crippen molar-refractivity contribution in [3.05, 3.63) is 92.0 Å². The number of hydrogen-bond donors (Lipinski definition) is 0. The summed E-state index contributed by atoms with van der Waals surface area (Å²) in [4.78, 5) is 0. The standard InChI is InChI=1S/C24H17NO/c1-3-9-16(4-2)25-20-12-7-5-11-19(20)23-21(25)15-14-18-17-10-6-8-13-22(17)26-24(18)23/h3-15H,1-2H2/b16-9+. The molecule has 0 atom stereocenters. The monoisotopic (exact) mass is 335 g/mol. The smallest absolute Gasteiger partial charge is 0.145 e. The Bertz CT molecular complexity index is 1360. The largest absolute Gasteiger partial charge is 0.455 e. The van der Waals surface area contributed by atoms with Crippen LogP contribution in [0.15, 0.2) is 96.5 Å². The van der Waals surface area contributed by atoms with Gasteiger partial charge in [-0.25, -0.2) is 0 Å². The SMILES string of the molecule is C=C/C=C(\C=C)n1c2ccccc2c2c3oc4ccccc4c3ccc21. The highest BCUT2D eigenvalue weighted by molar-refractivity contribution is 6.24. The zero-order chi connectivity index (χ0) is 17.7. The third-order valence-corrected chi connectivity index (χ3v) is 4.94. The average Bonchev–Trinajstić information content (AvgIpc) is 3.22. The molecule has 124 valence electrons. The average molecular weight is 335 g/mol. The van der Waals surface area contributed by atoms with E-state index >= 15 is 0 Å². The minimum Gasteiger partial charge on any atom is -0.455 e. The maximum absolute atomic E-state index is 6.28. The van der Waals surface area contributed by atoms with Crippen molar-refractivity contribution in [2.75, 3.05) is 0 Å². The zero-order valence-electron chi connectivity index (χ0n) is 14.3. The molecule has 0 spiro atoms. The van der Waals surface area contributed by atoms with Crippen molar-refractivity contribution >= 4 is 49.4 Å². The topological polar surface area (TPSA) is 18.1 Å². The van der Waals surface area contributed by atoms with Gasteiger partial charge in [-0.15, -0.1) is 0 Å². The summed E-state index contributed by atoms with van der Waals surface area (Å²) in [5.41, 5.74) is 5.06. The third-order valence-electron chi connectivity index (χ3n) is 4.94. The summed E-state index contributed by atoms with van der Waals surface area (Å²) in [7, 11) is 0. The van der Waals surface area contributed by atoms with Crippen LogP contribution >= 0.6 is 0 Å². The van der Waals surface area contributed by atoms with E-state index in [2.05, 4.69) is 60.2 Å². The van der Waals surface area contributed by atoms with E-state index in [0.29, 0.717) is 0 Å². The molecule has 0 N–H and O–H groups in total. The molecule has 0 radical (unpaired) electrons. The van der Waals surface area contributed by atoms with Crippen molar-refractivity contribution in [3.8, 4) is 0 Å². The molecule has 0 aliphatic heterocycles. The molecular weight excluding hydrogens is 318 g/mol. The van der Waals surface area contributed by atoms with Crippen molar-refractivity contribution < 1.29 is 4.42 Å². The van der Waals surface area contributed by atoms with Crippen LogP contribution in [-0.2, 0) is 0 Å². The van der Waals surface area contributed by atoms with E-state index in [-0.39, 0.29) is 0 Å². The number of fused-ring (bicyclic) bond motifs is 7. The quantitative estimate of drug-likeness (QED) is 0.328. The maximum atomic E-state index is 6.28. The van der Waals surface area contributed by atoms with E-state index in [1.807, 2.05) is 30.4 Å². The molecule has 0 aliphatic rings. The Kier molecular flexibility index (Phi) is 3.13. The molecule has 2 heteroatoms. The summed E-state index contributed by atoms with van der Waals surface area (Å²) in [5, 5.41) is 4.59. The lowest BCUT2D eigenvalue weighted by atomic mass is 10.1. The van der Waals surface area contributed by atoms with Crippen molar-refractivity contribution in [1.82, 2.24) is 4.57 Å². The van der Waals surface area contributed by atoms with Crippen LogP contribution in [0.5, 0.6) is 0 Å². The molecular formula is C24H17NO. The van der Waals surface area contributed by atoms with Gasteiger partial charge >= 0.3 is 0 Å². The Morgan fingerprint density at radius 2 is 1.58 bits per heavy atom. The van der Waals surface area contributed by atoms with Gasteiger partial charge in [-0.05, 0) is 36.4 Å². The highest BCUT2D eigenvalue weighted by atomic mass is 16.3. The van der Waals surface area contributed by atoms with E-state index in [4.69, 9.17) is 4.42 Å². The molecule has 0 fully saturated rings. The normalized spacial score (nSPS) is 12.4. The van der Waals surface area contributed by atoms with Gasteiger partial charge in [0, 0.05) is 21.9 Å². The molecule has 5 rings (SSSR count). The highest BCUT2D eigenvalue weighted by Gasteiger charge is 2.18. The van der Waals surface area contributed by atoms with Gasteiger partial charge < -0.3 is 8.98 Å². The first-order valence-corrected chi connectivity index (χ1v) is 8.62. The second-order valence-corrected chi connectivity index (χ2v) is 6.32. The fraction of sp³-hybridized carbons (Fsp3) is 0. The van der Waals surface area contributed by atoms with Gasteiger partial charge in [0.2, 0.25) is 0 Å². The molecule has 3 aromatic carbocycles. The maximum Gasteiger partial charge on any atom is 0.145 e. The van der Waals surface area contributed by atoms with E-state index in [9.17, 15) is 0 Å². The number of allylic oxidation sites excluding steroid dienone is 4. The van der Waals surface area contributed by atoms with E-state index in [0.717, 1.165) is 44.1 Å². The third kappa shape index (κ3) is 1.87. The summed E-state index contributed by atoms with van der Waals surface area (Å²) < 4.78 is 8.50. The Hall–Kier alpha value is -3.52. The number of hydrogen-bond acceptors (Lipinski definition) is 1. The Balaban J connectivity index is 2.06. The van der Waals surface area contributed by atoms with Gasteiger partial charge in [0.15, 0.2) is 0 Å². The molecule has 2 heterocycles. The molecule has 2 nitrogen and oxygen atoms in total. The molecule has 26 heavy (non-hydrogen) atoms. The second kappa shape index (κ2) is 5.50. The number of aromatic nitrogens is 1. The van der Waals surface area contributed by atoms with Crippen LogP contribution in [0.2, 0.25) is 0 Å². The Morgan fingerprint density at radius 1 is 0.808 bits per heavy atom. The fourth-order valence-corrected chi connectivity index (χ4v) is 3.87. The number of para-hydroxylation sites is 2. The van der Waals surface area contributed by atoms with Crippen molar-refractivity contribution in [1.29, 1.82) is 0 Å². The van der Waals surface area contributed by atoms with Crippen LogP contribution in [0.4, 0.5) is 0 Å². The molecule has 2 aromatic heterocycles. The number of nitrogens with zero attached hydrogens (tertiary/aromatic N) is 1. The van der Waals surface area contributed by atoms with Gasteiger partial charge in [0.1, 0.15) is 11.2 Å². The predicted molar refractivity (Wildman–Crippen MR) is 111 cm³/mol. The Labute approximate surface area is 150 Å². The number of furan rings is 1. The lowest BCUT2D eigenvalue weighted by Crippen LogP contribution is -1.93. The molecule has 0 saturated heterocycles. The summed E-state index contributed by atoms with van der Waals surface area (Å²) in [6, 6.07) is 20.9. The van der Waals surface area contributed by atoms with Crippen molar-refractivity contribution in [2.24, 2.45) is 0 Å². The minimum absolute atomic E-state index is 0.914.